The summed E-state index contributed by atoms with van der Waals surface area (Å²) in [4.78, 5) is 12.4. The summed E-state index contributed by atoms with van der Waals surface area (Å²) >= 11 is 5.15. The van der Waals surface area contributed by atoms with Crippen LogP contribution in [0.4, 0.5) is 5.69 Å². The molecule has 7 nitrogen and oxygen atoms in total. The van der Waals surface area contributed by atoms with E-state index in [1.807, 2.05) is 6.92 Å². The summed E-state index contributed by atoms with van der Waals surface area (Å²) < 4.78 is 5.23. The van der Waals surface area contributed by atoms with Crippen LogP contribution in [0.5, 0.6) is 0 Å². The second-order valence-electron chi connectivity index (χ2n) is 5.14. The second kappa shape index (κ2) is 7.51. The summed E-state index contributed by atoms with van der Waals surface area (Å²) in [6.07, 6.45) is 0.719. The van der Waals surface area contributed by atoms with Crippen molar-refractivity contribution in [3.05, 3.63) is 46.3 Å². The maximum absolute atomic E-state index is 12.4. The molecule has 0 aliphatic carbocycles. The van der Waals surface area contributed by atoms with Crippen molar-refractivity contribution < 1.29 is 20.0 Å². The molecule has 124 valence electrons. The number of benzene rings is 1. The molecule has 1 heterocycles. The van der Waals surface area contributed by atoms with Crippen LogP contribution in [0.2, 0.25) is 0 Å². The molecule has 0 saturated heterocycles. The van der Waals surface area contributed by atoms with E-state index < -0.39 is 17.2 Å². The molecule has 1 aliphatic heterocycles. The highest BCUT2D eigenvalue weighted by atomic mass is 32.1. The number of ether oxygens (including phenoxy) is 1. The van der Waals surface area contributed by atoms with E-state index in [4.69, 9.17) is 22.2 Å². The van der Waals surface area contributed by atoms with Gasteiger partial charge in [-0.3, -0.25) is 0 Å². The van der Waals surface area contributed by atoms with Gasteiger partial charge < -0.3 is 20.6 Å². The first-order valence-electron chi connectivity index (χ1n) is 7.22. The molecule has 0 aromatic heterocycles. The molecule has 2 rings (SSSR count). The fourth-order valence-corrected chi connectivity index (χ4v) is 2.61. The van der Waals surface area contributed by atoms with E-state index in [9.17, 15) is 10.0 Å². The lowest BCUT2D eigenvalue weighted by atomic mass is 9.95. The quantitative estimate of drug-likeness (QED) is 0.359. The van der Waals surface area contributed by atoms with Crippen molar-refractivity contribution in [1.29, 1.82) is 0 Å². The molecule has 0 saturated carbocycles. The topological polar surface area (TPSA) is 98.1 Å². The van der Waals surface area contributed by atoms with E-state index in [0.717, 1.165) is 6.42 Å². The minimum Gasteiger partial charge on any atom is -0.595 e. The third-order valence-electron chi connectivity index (χ3n) is 3.39. The van der Waals surface area contributed by atoms with Gasteiger partial charge >= 0.3 is 5.97 Å². The fraction of sp³-hybridized carbons (Fsp3) is 0.333. The Kier molecular flexibility index (Phi) is 5.67. The Balaban J connectivity index is 2.40. The third kappa shape index (κ3) is 4.05. The zero-order valence-corrected chi connectivity index (χ0v) is 13.7. The molecular weight excluding hydrogens is 318 g/mol. The van der Waals surface area contributed by atoms with Gasteiger partial charge in [0.2, 0.25) is 0 Å². The van der Waals surface area contributed by atoms with Gasteiger partial charge in [-0.05, 0) is 31.1 Å². The highest BCUT2D eigenvalue weighted by molar-refractivity contribution is 7.80. The summed E-state index contributed by atoms with van der Waals surface area (Å²) in [5.74, 6) is -0.447. The lowest BCUT2D eigenvalue weighted by Gasteiger charge is -2.30. The highest BCUT2D eigenvalue weighted by Gasteiger charge is 2.31. The van der Waals surface area contributed by atoms with Crippen LogP contribution >= 0.6 is 12.2 Å². The normalized spacial score (nSPS) is 19.0. The molecule has 0 amide bonds. The van der Waals surface area contributed by atoms with Gasteiger partial charge in [0, 0.05) is 17.8 Å². The Hall–Kier alpha value is -2.00. The van der Waals surface area contributed by atoms with Crippen LogP contribution in [0, 0.1) is 5.21 Å². The van der Waals surface area contributed by atoms with Crippen LogP contribution in [0.25, 0.3) is 0 Å². The summed E-state index contributed by atoms with van der Waals surface area (Å²) in [6, 6.07) is 5.85. The molecule has 0 radical (unpaired) electrons. The number of quaternary nitrogens is 1. The first kappa shape index (κ1) is 17.4. The standard InChI is InChI=1S/C15H19N3O4S/c1-3-7-22-14(19)12-9(2)16-15(23)17-13(12)10-5-4-6-11(8-10)18(20)21/h4-6,8,13,18,20H,3,7H2,1-2H3,(H2,16,17,23)/t13-/m1/s1. The van der Waals surface area contributed by atoms with Gasteiger partial charge in [0.15, 0.2) is 10.8 Å². The Bertz CT molecular complexity index is 645. The van der Waals surface area contributed by atoms with Gasteiger partial charge in [0.05, 0.1) is 18.2 Å². The lowest BCUT2D eigenvalue weighted by Crippen LogP contribution is -2.99. The van der Waals surface area contributed by atoms with E-state index in [0.29, 0.717) is 28.6 Å². The molecule has 0 fully saturated rings. The van der Waals surface area contributed by atoms with Crippen molar-refractivity contribution in [2.45, 2.75) is 26.3 Å². The van der Waals surface area contributed by atoms with E-state index in [1.165, 1.54) is 12.1 Å². The number of hydrogen-bond donors (Lipinski definition) is 4. The highest BCUT2D eigenvalue weighted by Crippen LogP contribution is 2.28. The largest absolute Gasteiger partial charge is 0.595 e. The van der Waals surface area contributed by atoms with Crippen molar-refractivity contribution in [2.75, 3.05) is 6.61 Å². The predicted octanol–water partition coefficient (Wildman–Crippen LogP) is 0.836. The zero-order valence-electron chi connectivity index (χ0n) is 12.9. The zero-order chi connectivity index (χ0) is 17.0. The van der Waals surface area contributed by atoms with E-state index in [-0.39, 0.29) is 5.69 Å². The Morgan fingerprint density at radius 3 is 2.91 bits per heavy atom. The van der Waals surface area contributed by atoms with E-state index in [2.05, 4.69) is 10.6 Å². The predicted molar refractivity (Wildman–Crippen MR) is 87.8 cm³/mol. The van der Waals surface area contributed by atoms with Crippen LogP contribution in [-0.4, -0.2) is 22.9 Å². The van der Waals surface area contributed by atoms with E-state index >= 15 is 0 Å². The Morgan fingerprint density at radius 1 is 1.52 bits per heavy atom. The molecule has 0 spiro atoms. The molecule has 4 N–H and O–H groups in total. The number of rotatable bonds is 5. The van der Waals surface area contributed by atoms with Gasteiger partial charge in [-0.25, -0.2) is 10.0 Å². The summed E-state index contributed by atoms with van der Waals surface area (Å²) in [7, 11) is 0. The second-order valence-corrected chi connectivity index (χ2v) is 5.54. The summed E-state index contributed by atoms with van der Waals surface area (Å²) in [5.41, 5.74) is 1.78. The summed E-state index contributed by atoms with van der Waals surface area (Å²) in [6.45, 7) is 3.97. The molecule has 1 aromatic carbocycles. The molecule has 0 bridgehead atoms. The monoisotopic (exact) mass is 337 g/mol. The molecular formula is C15H19N3O4S. The third-order valence-corrected chi connectivity index (χ3v) is 3.61. The van der Waals surface area contributed by atoms with Crippen LogP contribution in [-0.2, 0) is 9.53 Å². The van der Waals surface area contributed by atoms with Gasteiger partial charge in [0.1, 0.15) is 0 Å². The molecule has 2 atom stereocenters. The molecule has 8 heteroatoms. The number of hydrogen-bond acceptors (Lipinski definition) is 5. The lowest BCUT2D eigenvalue weighted by molar-refractivity contribution is -0.991. The number of carbonyl (C=O) groups is 1. The number of carbonyl (C=O) groups excluding carboxylic acids is 1. The van der Waals surface area contributed by atoms with Crippen LogP contribution in [0.1, 0.15) is 31.9 Å². The SMILES string of the molecule is CCCOC(=O)C1=C(C)NC(=S)N[C@@H]1c1cccc([NH+]([O-])O)c1. The Labute approximate surface area is 139 Å². The average Bonchev–Trinajstić information content (AvgIpc) is 2.52. The van der Waals surface area contributed by atoms with E-state index in [1.54, 1.807) is 19.1 Å². The van der Waals surface area contributed by atoms with Crippen molar-refractivity contribution in [2.24, 2.45) is 0 Å². The first-order chi connectivity index (χ1) is 10.9. The fourth-order valence-electron chi connectivity index (χ4n) is 2.34. The summed E-state index contributed by atoms with van der Waals surface area (Å²) in [5, 5.41) is 25.6. The molecule has 1 aromatic rings. The first-order valence-corrected chi connectivity index (χ1v) is 7.63. The maximum atomic E-state index is 12.4. The number of allylic oxidation sites excluding steroid dienone is 1. The smallest absolute Gasteiger partial charge is 0.338 e. The van der Waals surface area contributed by atoms with Crippen LogP contribution in [0.3, 0.4) is 0 Å². The van der Waals surface area contributed by atoms with Crippen molar-refractivity contribution in [1.82, 2.24) is 10.6 Å². The molecule has 23 heavy (non-hydrogen) atoms. The Morgan fingerprint density at radius 2 is 2.26 bits per heavy atom. The number of thiocarbonyl (C=S) groups is 1. The van der Waals surface area contributed by atoms with Crippen LogP contribution in [0.15, 0.2) is 35.5 Å². The average molecular weight is 337 g/mol. The van der Waals surface area contributed by atoms with Gasteiger partial charge in [0.25, 0.3) is 0 Å². The number of esters is 1. The number of nitrogens with one attached hydrogen (secondary N) is 3. The van der Waals surface area contributed by atoms with Gasteiger partial charge in [-0.2, -0.15) is 5.23 Å². The minimum atomic E-state index is -1.03. The maximum Gasteiger partial charge on any atom is 0.338 e. The van der Waals surface area contributed by atoms with Crippen molar-refractivity contribution in [3.63, 3.8) is 0 Å². The molecule has 1 unspecified atom stereocenters. The van der Waals surface area contributed by atoms with Crippen LogP contribution < -0.4 is 15.9 Å². The van der Waals surface area contributed by atoms with Crippen molar-refractivity contribution >= 4 is 29.0 Å². The molecule has 1 aliphatic rings. The van der Waals surface area contributed by atoms with Crippen molar-refractivity contribution in [3.8, 4) is 0 Å². The van der Waals surface area contributed by atoms with Gasteiger partial charge in [-0.15, -0.1) is 0 Å². The minimum absolute atomic E-state index is 0.146. The van der Waals surface area contributed by atoms with Gasteiger partial charge in [-0.1, -0.05) is 19.1 Å².